The van der Waals surface area contributed by atoms with Crippen LogP contribution >= 0.6 is 22.9 Å². The molecule has 3 heterocycles. The van der Waals surface area contributed by atoms with Crippen LogP contribution in [-0.4, -0.2) is 54.6 Å². The fraction of sp³-hybridized carbons (Fsp3) is 0.333. The highest BCUT2D eigenvalue weighted by atomic mass is 35.5. The van der Waals surface area contributed by atoms with E-state index >= 15 is 0 Å². The van der Waals surface area contributed by atoms with Gasteiger partial charge in [-0.2, -0.15) is 4.31 Å². The molecule has 2 aromatic carbocycles. The molecule has 0 aliphatic carbocycles. The van der Waals surface area contributed by atoms with Gasteiger partial charge < -0.3 is 14.5 Å². The largest absolute Gasteiger partial charge is 0.462 e. The van der Waals surface area contributed by atoms with Gasteiger partial charge in [0.05, 0.1) is 32.3 Å². The van der Waals surface area contributed by atoms with Crippen LogP contribution in [0.3, 0.4) is 0 Å². The molecular weight excluding hydrogens is 702 g/mol. The molecule has 1 aliphatic rings. The maximum Gasteiger partial charge on any atom is 0.338 e. The Kier molecular flexibility index (Phi) is 11.3. The zero-order valence-corrected chi connectivity index (χ0v) is 30.5. The molecule has 0 unspecified atom stereocenters. The minimum atomic E-state index is -3.79. The van der Waals surface area contributed by atoms with Crippen molar-refractivity contribution in [2.45, 2.75) is 58.4 Å². The van der Waals surface area contributed by atoms with Gasteiger partial charge in [0.2, 0.25) is 15.9 Å². The van der Waals surface area contributed by atoms with E-state index in [1.54, 1.807) is 64.1 Å². The van der Waals surface area contributed by atoms with E-state index in [-0.39, 0.29) is 37.2 Å². The fourth-order valence-electron chi connectivity index (χ4n) is 5.17. The molecule has 5 rings (SSSR count). The van der Waals surface area contributed by atoms with Crippen molar-refractivity contribution in [1.29, 1.82) is 0 Å². The molecule has 4 aromatic rings. The van der Waals surface area contributed by atoms with Crippen molar-refractivity contribution in [3.63, 3.8) is 0 Å². The van der Waals surface area contributed by atoms with E-state index in [1.165, 1.54) is 39.2 Å². The molecule has 0 radical (unpaired) electrons. The highest BCUT2D eigenvalue weighted by Gasteiger charge is 2.27. The Hall–Kier alpha value is -4.30. The molecule has 14 heteroatoms. The van der Waals surface area contributed by atoms with Crippen molar-refractivity contribution in [2.75, 3.05) is 25.0 Å². The van der Waals surface area contributed by atoms with E-state index < -0.39 is 39.4 Å². The molecule has 0 spiro atoms. The molecule has 264 valence electrons. The van der Waals surface area contributed by atoms with Crippen LogP contribution in [0.5, 0.6) is 0 Å². The van der Waals surface area contributed by atoms with Crippen molar-refractivity contribution in [2.24, 2.45) is 5.41 Å². The average molecular weight is 740 g/mol. The number of benzene rings is 2. The highest BCUT2D eigenvalue weighted by molar-refractivity contribution is 7.89. The molecule has 1 N–H and O–H groups in total. The first-order chi connectivity index (χ1) is 23.7. The predicted octanol–water partition coefficient (Wildman–Crippen LogP) is 5.04. The molecule has 1 saturated heterocycles. The van der Waals surface area contributed by atoms with Gasteiger partial charge in [0.25, 0.3) is 5.56 Å². The standard InChI is InChI=1S/C36H38ClN3O8S2/c1-5-47-35(44)24-11-9-23(10-12-24)29-16-13-25(48-29)19-30-34(43)40(33(49-30)21-31(41)36(2,3)4)22-32(42)38-28-20-26(14-15-27(28)37)50(45,46)39-17-7-6-8-18-39/h9-16,19-21H,5-8,17-18,22H2,1-4H3,(H,38,42)/b30-19+,33-21-. The smallest absolute Gasteiger partial charge is 0.338 e. The number of nitrogens with one attached hydrogen (secondary N) is 1. The summed E-state index contributed by atoms with van der Waals surface area (Å²) in [6, 6.07) is 14.2. The molecule has 0 bridgehead atoms. The second kappa shape index (κ2) is 15.3. The number of carbonyl (C=O) groups excluding carboxylic acids is 3. The second-order valence-electron chi connectivity index (χ2n) is 12.8. The summed E-state index contributed by atoms with van der Waals surface area (Å²) in [4.78, 5) is 52.1. The predicted molar refractivity (Wildman–Crippen MR) is 193 cm³/mol. The van der Waals surface area contributed by atoms with Crippen molar-refractivity contribution in [3.8, 4) is 11.3 Å². The number of halogens is 1. The molecule has 1 aliphatic heterocycles. The number of nitrogens with zero attached hydrogens (tertiary/aromatic N) is 2. The third kappa shape index (κ3) is 8.52. The van der Waals surface area contributed by atoms with Gasteiger partial charge in [-0.05, 0) is 62.2 Å². The summed E-state index contributed by atoms with van der Waals surface area (Å²) >= 11 is 7.39. The van der Waals surface area contributed by atoms with Crippen LogP contribution in [-0.2, 0) is 30.9 Å². The number of hydrogen-bond acceptors (Lipinski definition) is 9. The van der Waals surface area contributed by atoms with Gasteiger partial charge in [0.15, 0.2) is 5.78 Å². The number of sulfonamides is 1. The Morgan fingerprint density at radius 1 is 1.02 bits per heavy atom. The summed E-state index contributed by atoms with van der Waals surface area (Å²) in [7, 11) is -3.79. The van der Waals surface area contributed by atoms with Crippen LogP contribution in [0.1, 0.15) is 63.1 Å². The number of piperidine rings is 1. The molecule has 50 heavy (non-hydrogen) atoms. The Balaban J connectivity index is 1.44. The summed E-state index contributed by atoms with van der Waals surface area (Å²) in [5, 5.41) is 2.77. The summed E-state index contributed by atoms with van der Waals surface area (Å²) in [6.07, 6.45) is 5.38. The Labute approximate surface area is 298 Å². The lowest BCUT2D eigenvalue weighted by Gasteiger charge is -2.26. The normalized spacial score (nSPS) is 14.9. The Morgan fingerprint density at radius 2 is 1.72 bits per heavy atom. The van der Waals surface area contributed by atoms with Gasteiger partial charge in [-0.1, -0.05) is 50.9 Å². The molecule has 11 nitrogen and oxygen atoms in total. The van der Waals surface area contributed by atoms with Crippen molar-refractivity contribution in [3.05, 3.63) is 90.5 Å². The van der Waals surface area contributed by atoms with Crippen LogP contribution in [0.2, 0.25) is 5.02 Å². The van der Waals surface area contributed by atoms with E-state index in [9.17, 15) is 27.6 Å². The van der Waals surface area contributed by atoms with Crippen molar-refractivity contribution < 1.29 is 32.0 Å². The van der Waals surface area contributed by atoms with Gasteiger partial charge in [0, 0.05) is 36.2 Å². The minimum absolute atomic E-state index is 0.00115. The summed E-state index contributed by atoms with van der Waals surface area (Å²) < 4.78 is 40.6. The molecule has 1 fully saturated rings. The monoisotopic (exact) mass is 739 g/mol. The van der Waals surface area contributed by atoms with Crippen molar-refractivity contribution >= 4 is 68.5 Å². The van der Waals surface area contributed by atoms with Gasteiger partial charge in [-0.15, -0.1) is 11.3 Å². The Bertz CT molecular complexity index is 2210. The second-order valence-corrected chi connectivity index (χ2v) is 16.2. The first-order valence-electron chi connectivity index (χ1n) is 16.1. The summed E-state index contributed by atoms with van der Waals surface area (Å²) in [6.45, 7) is 7.62. The molecule has 0 atom stereocenters. The van der Waals surface area contributed by atoms with E-state index in [2.05, 4.69) is 5.32 Å². The van der Waals surface area contributed by atoms with Crippen LogP contribution < -0.4 is 20.1 Å². The minimum Gasteiger partial charge on any atom is -0.462 e. The number of amides is 1. The van der Waals surface area contributed by atoms with E-state index in [0.717, 1.165) is 30.6 Å². The summed E-state index contributed by atoms with van der Waals surface area (Å²) in [5.74, 6) is -0.458. The number of furan rings is 1. The van der Waals surface area contributed by atoms with Crippen molar-refractivity contribution in [1.82, 2.24) is 8.87 Å². The highest BCUT2D eigenvalue weighted by Crippen LogP contribution is 2.28. The number of ketones is 1. The topological polar surface area (TPSA) is 145 Å². The SMILES string of the molecule is CCOC(=O)c1ccc(-c2ccc(/C=c3/s/c(=C\C(=O)C(C)(C)C)n(CC(=O)Nc4cc(S(=O)(=O)N5CCCCC5)ccc4Cl)c3=O)o2)cc1. The average Bonchev–Trinajstić information content (AvgIpc) is 3.66. The third-order valence-electron chi connectivity index (χ3n) is 7.98. The van der Waals surface area contributed by atoms with Gasteiger partial charge in [0.1, 0.15) is 22.7 Å². The lowest BCUT2D eigenvalue weighted by atomic mass is 9.91. The third-order valence-corrected chi connectivity index (χ3v) is 11.3. The van der Waals surface area contributed by atoms with Crippen LogP contribution in [0.25, 0.3) is 23.5 Å². The number of ether oxygens (including phenoxy) is 1. The van der Waals surface area contributed by atoms with E-state index in [4.69, 9.17) is 20.8 Å². The van der Waals surface area contributed by atoms with Crippen LogP contribution in [0, 0.1) is 5.41 Å². The maximum absolute atomic E-state index is 13.7. The maximum atomic E-state index is 13.7. The number of aromatic nitrogens is 1. The van der Waals surface area contributed by atoms with Crippen LogP contribution in [0.4, 0.5) is 5.69 Å². The number of rotatable bonds is 10. The lowest BCUT2D eigenvalue weighted by Crippen LogP contribution is -2.36. The van der Waals surface area contributed by atoms with E-state index in [1.807, 2.05) is 0 Å². The number of hydrogen-bond donors (Lipinski definition) is 1. The number of carbonyl (C=O) groups is 3. The Morgan fingerprint density at radius 3 is 2.38 bits per heavy atom. The lowest BCUT2D eigenvalue weighted by molar-refractivity contribution is -0.120. The number of esters is 1. The number of thiazole rings is 1. The first-order valence-corrected chi connectivity index (χ1v) is 18.8. The summed E-state index contributed by atoms with van der Waals surface area (Å²) in [5.41, 5.74) is -0.0805. The number of anilines is 1. The molecule has 0 saturated carbocycles. The van der Waals surface area contributed by atoms with Gasteiger partial charge in [-0.25, -0.2) is 13.2 Å². The molecule has 1 amide bonds. The first kappa shape index (κ1) is 37.0. The fourth-order valence-corrected chi connectivity index (χ4v) is 7.90. The zero-order chi connectivity index (χ0) is 36.2. The van der Waals surface area contributed by atoms with Gasteiger partial charge in [-0.3, -0.25) is 19.0 Å². The number of Topliss-reactive ketones (excluding diaryl/α,β-unsaturated/α-hetero) is 1. The molecular formula is C36H38ClN3O8S2. The van der Waals surface area contributed by atoms with Crippen LogP contribution in [0.15, 0.2) is 68.7 Å². The quantitative estimate of drug-likeness (QED) is 0.223. The molecule has 2 aromatic heterocycles. The van der Waals surface area contributed by atoms with E-state index in [0.29, 0.717) is 35.7 Å². The van der Waals surface area contributed by atoms with Gasteiger partial charge >= 0.3 is 5.97 Å². The zero-order valence-electron chi connectivity index (χ0n) is 28.2.